The maximum absolute atomic E-state index is 13.0. The molecule has 0 aromatic heterocycles. The third-order valence-electron chi connectivity index (χ3n) is 4.72. The van der Waals surface area contributed by atoms with Crippen molar-refractivity contribution < 1.29 is 32.3 Å². The lowest BCUT2D eigenvalue weighted by molar-refractivity contribution is -0.147. The summed E-state index contributed by atoms with van der Waals surface area (Å²) >= 11 is 0. The number of carbonyl (C=O) groups excluding carboxylic acids is 3. The second kappa shape index (κ2) is 10.6. The predicted molar refractivity (Wildman–Crippen MR) is 117 cm³/mol. The van der Waals surface area contributed by atoms with Crippen molar-refractivity contribution in [2.75, 3.05) is 17.2 Å². The lowest BCUT2D eigenvalue weighted by Crippen LogP contribution is -2.22. The Labute approximate surface area is 187 Å². The van der Waals surface area contributed by atoms with Crippen LogP contribution in [-0.4, -0.2) is 24.4 Å². The molecule has 0 aliphatic rings. The first-order valence-electron chi connectivity index (χ1n) is 10.1. The fraction of sp³-hybridized carbons (Fsp3) is 0.208. The van der Waals surface area contributed by atoms with Crippen LogP contribution in [0.15, 0.2) is 66.7 Å². The summed E-state index contributed by atoms with van der Waals surface area (Å²) < 4.78 is 43.7. The van der Waals surface area contributed by atoms with Crippen molar-refractivity contribution in [2.24, 2.45) is 0 Å². The van der Waals surface area contributed by atoms with Gasteiger partial charge in [0.25, 0.3) is 5.91 Å². The van der Waals surface area contributed by atoms with Crippen LogP contribution >= 0.6 is 0 Å². The van der Waals surface area contributed by atoms with Gasteiger partial charge in [0.1, 0.15) is 0 Å². The zero-order valence-electron chi connectivity index (χ0n) is 17.4. The van der Waals surface area contributed by atoms with Gasteiger partial charge in [0.05, 0.1) is 11.3 Å². The molecule has 0 bridgehead atoms. The normalized spacial score (nSPS) is 11.1. The Bertz CT molecular complexity index is 1160. The summed E-state index contributed by atoms with van der Waals surface area (Å²) in [5, 5.41) is 6.77. The summed E-state index contributed by atoms with van der Waals surface area (Å²) in [6, 6.07) is 17.6. The fourth-order valence-electron chi connectivity index (χ4n) is 3.18. The highest BCUT2D eigenvalue weighted by molar-refractivity contribution is 6.02. The van der Waals surface area contributed by atoms with Gasteiger partial charge in [-0.05, 0) is 30.0 Å². The molecule has 0 aliphatic carbocycles. The number of fused-ring (bicyclic) bond motifs is 1. The molecule has 3 rings (SSSR count). The summed E-state index contributed by atoms with van der Waals surface area (Å²) in [6.07, 6.45) is -4.50. The minimum atomic E-state index is -4.63. The number of nitrogens with one attached hydrogen (secondary N) is 2. The predicted octanol–water partition coefficient (Wildman–Crippen LogP) is 5.15. The molecule has 2 N–H and O–H groups in total. The Balaban J connectivity index is 1.41. The van der Waals surface area contributed by atoms with E-state index in [0.29, 0.717) is 5.69 Å². The van der Waals surface area contributed by atoms with E-state index in [1.54, 1.807) is 6.07 Å². The number of carbonyl (C=O) groups is 3. The van der Waals surface area contributed by atoms with Crippen molar-refractivity contribution in [1.29, 1.82) is 0 Å². The van der Waals surface area contributed by atoms with Crippen LogP contribution in [0, 0.1) is 0 Å². The zero-order valence-corrected chi connectivity index (χ0v) is 17.4. The van der Waals surface area contributed by atoms with Crippen molar-refractivity contribution in [3.05, 3.63) is 72.3 Å². The minimum Gasteiger partial charge on any atom is -0.456 e. The molecule has 0 spiro atoms. The van der Waals surface area contributed by atoms with Gasteiger partial charge >= 0.3 is 12.1 Å². The summed E-state index contributed by atoms with van der Waals surface area (Å²) in [4.78, 5) is 35.9. The lowest BCUT2D eigenvalue weighted by atomic mass is 10.1. The largest absolute Gasteiger partial charge is 0.456 e. The molecule has 0 atom stereocenters. The topological polar surface area (TPSA) is 84.5 Å². The molecule has 0 radical (unpaired) electrons. The van der Waals surface area contributed by atoms with E-state index in [1.807, 2.05) is 36.4 Å². The van der Waals surface area contributed by atoms with Crippen molar-refractivity contribution >= 4 is 39.9 Å². The van der Waals surface area contributed by atoms with Gasteiger partial charge in [-0.3, -0.25) is 14.4 Å². The quantitative estimate of drug-likeness (QED) is 0.458. The van der Waals surface area contributed by atoms with Crippen molar-refractivity contribution in [3.8, 4) is 0 Å². The number of hydrogen-bond acceptors (Lipinski definition) is 4. The van der Waals surface area contributed by atoms with Crippen molar-refractivity contribution in [2.45, 2.75) is 25.4 Å². The first-order valence-corrected chi connectivity index (χ1v) is 10.1. The molecule has 0 unspecified atom stereocenters. The van der Waals surface area contributed by atoms with Crippen LogP contribution < -0.4 is 10.6 Å². The summed E-state index contributed by atoms with van der Waals surface area (Å²) in [5.74, 6) is -1.90. The van der Waals surface area contributed by atoms with Gasteiger partial charge in [-0.25, -0.2) is 0 Å². The number of amides is 2. The van der Waals surface area contributed by atoms with E-state index in [-0.39, 0.29) is 25.2 Å². The molecule has 33 heavy (non-hydrogen) atoms. The first-order chi connectivity index (χ1) is 15.7. The highest BCUT2D eigenvalue weighted by Crippen LogP contribution is 2.34. The monoisotopic (exact) mass is 458 g/mol. The Morgan fingerprint density at radius 3 is 2.18 bits per heavy atom. The van der Waals surface area contributed by atoms with Crippen LogP contribution in [0.5, 0.6) is 0 Å². The highest BCUT2D eigenvalue weighted by atomic mass is 19.4. The van der Waals surface area contributed by atoms with Gasteiger partial charge in [0.2, 0.25) is 5.91 Å². The Morgan fingerprint density at radius 1 is 0.758 bits per heavy atom. The zero-order chi connectivity index (χ0) is 23.8. The average molecular weight is 458 g/mol. The number of rotatable bonds is 8. The number of ether oxygens (including phenoxy) is 1. The molecule has 0 aliphatic heterocycles. The Kier molecular flexibility index (Phi) is 7.66. The molecule has 3 aromatic rings. The number of anilines is 2. The number of para-hydroxylation sites is 1. The van der Waals surface area contributed by atoms with E-state index in [4.69, 9.17) is 4.74 Å². The molecule has 0 saturated heterocycles. The molecule has 0 heterocycles. The molecular weight excluding hydrogens is 437 g/mol. The van der Waals surface area contributed by atoms with Crippen LogP contribution in [-0.2, 0) is 25.3 Å². The van der Waals surface area contributed by atoms with E-state index >= 15 is 0 Å². The molecule has 6 nitrogen and oxygen atoms in total. The van der Waals surface area contributed by atoms with Crippen LogP contribution in [0.25, 0.3) is 10.8 Å². The molecule has 0 fully saturated rings. The lowest BCUT2D eigenvalue weighted by Gasteiger charge is -2.13. The molecule has 2 amide bonds. The molecule has 3 aromatic carbocycles. The Morgan fingerprint density at radius 2 is 1.39 bits per heavy atom. The number of halogens is 3. The van der Waals surface area contributed by atoms with Crippen LogP contribution in [0.2, 0.25) is 0 Å². The molecular formula is C24H21F3N2O4. The minimum absolute atomic E-state index is 0.0590. The first kappa shape index (κ1) is 23.8. The highest BCUT2D eigenvalue weighted by Gasteiger charge is 2.33. The van der Waals surface area contributed by atoms with Gasteiger partial charge in [-0.2, -0.15) is 13.2 Å². The smallest absolute Gasteiger partial charge is 0.418 e. The number of hydrogen-bond donors (Lipinski definition) is 2. The van der Waals surface area contributed by atoms with Crippen LogP contribution in [0.4, 0.5) is 24.5 Å². The number of benzene rings is 3. The summed E-state index contributed by atoms with van der Waals surface area (Å²) in [6.45, 7) is -0.729. The maximum atomic E-state index is 13.0. The number of esters is 1. The van der Waals surface area contributed by atoms with Gasteiger partial charge in [-0.1, -0.05) is 48.5 Å². The van der Waals surface area contributed by atoms with Crippen molar-refractivity contribution in [3.63, 3.8) is 0 Å². The van der Waals surface area contributed by atoms with Crippen LogP contribution in [0.1, 0.15) is 24.8 Å². The third-order valence-corrected chi connectivity index (χ3v) is 4.72. The summed E-state index contributed by atoms with van der Waals surface area (Å²) in [7, 11) is 0. The van der Waals surface area contributed by atoms with E-state index in [2.05, 4.69) is 10.6 Å². The van der Waals surface area contributed by atoms with Gasteiger partial charge in [0.15, 0.2) is 6.61 Å². The fourth-order valence-corrected chi connectivity index (χ4v) is 3.18. The van der Waals surface area contributed by atoms with Gasteiger partial charge < -0.3 is 15.4 Å². The van der Waals surface area contributed by atoms with Gasteiger partial charge in [0, 0.05) is 23.9 Å². The third kappa shape index (κ3) is 6.80. The maximum Gasteiger partial charge on any atom is 0.418 e. The summed E-state index contributed by atoms with van der Waals surface area (Å²) in [5.41, 5.74) is -0.755. The van der Waals surface area contributed by atoms with E-state index < -0.39 is 35.9 Å². The molecule has 0 saturated carbocycles. The average Bonchev–Trinajstić information content (AvgIpc) is 2.77. The second-order valence-electron chi connectivity index (χ2n) is 7.18. The van der Waals surface area contributed by atoms with E-state index in [0.717, 1.165) is 22.9 Å². The van der Waals surface area contributed by atoms with Crippen LogP contribution in [0.3, 0.4) is 0 Å². The SMILES string of the molecule is O=C(COC(=O)CCCC(=O)Nc1cccc2ccccc12)Nc1ccccc1C(F)(F)F. The van der Waals surface area contributed by atoms with E-state index in [1.165, 1.54) is 12.1 Å². The standard InChI is InChI=1S/C24H21F3N2O4/c25-24(26,27)18-10-3-4-11-20(18)29-22(31)15-33-23(32)14-6-13-21(30)28-19-12-5-8-16-7-1-2-9-17(16)19/h1-5,7-12H,6,13-15H2,(H,28,30)(H,29,31). The number of alkyl halides is 3. The van der Waals surface area contributed by atoms with Gasteiger partial charge in [-0.15, -0.1) is 0 Å². The Hall–Kier alpha value is -3.88. The molecule has 9 heteroatoms. The van der Waals surface area contributed by atoms with E-state index in [9.17, 15) is 27.6 Å². The molecule has 172 valence electrons. The van der Waals surface area contributed by atoms with Crippen molar-refractivity contribution in [1.82, 2.24) is 0 Å². The second-order valence-corrected chi connectivity index (χ2v) is 7.18.